The Bertz CT molecular complexity index is 440. The highest BCUT2D eigenvalue weighted by Gasteiger charge is 2.34. The summed E-state index contributed by atoms with van der Waals surface area (Å²) in [4.78, 5) is 2.33. The number of hydrogen-bond acceptors (Lipinski definition) is 2. The first-order valence-corrected chi connectivity index (χ1v) is 6.51. The number of nitrogens with zero attached hydrogens (tertiary/aromatic N) is 1. The van der Waals surface area contributed by atoms with Crippen LogP contribution >= 0.6 is 11.6 Å². The van der Waals surface area contributed by atoms with Gasteiger partial charge < -0.3 is 10.6 Å². The average molecular weight is 253 g/mol. The summed E-state index contributed by atoms with van der Waals surface area (Å²) in [5, 5.41) is 0.781. The Morgan fingerprint density at radius 1 is 1.47 bits per heavy atom. The van der Waals surface area contributed by atoms with E-state index in [0.717, 1.165) is 17.0 Å². The molecular formula is C14H21ClN2. The lowest BCUT2D eigenvalue weighted by Gasteiger charge is -2.45. The fraction of sp³-hybridized carbons (Fsp3) is 0.571. The zero-order chi connectivity index (χ0) is 12.8. The van der Waals surface area contributed by atoms with Gasteiger partial charge in [0.1, 0.15) is 0 Å². The summed E-state index contributed by atoms with van der Waals surface area (Å²) in [6.07, 6.45) is 1.15. The minimum absolute atomic E-state index is 0.181. The molecular weight excluding hydrogens is 232 g/mol. The molecule has 0 amide bonds. The highest BCUT2D eigenvalue weighted by Crippen LogP contribution is 2.44. The minimum Gasteiger partial charge on any atom is -0.369 e. The van der Waals surface area contributed by atoms with Gasteiger partial charge in [-0.2, -0.15) is 0 Å². The van der Waals surface area contributed by atoms with Crippen molar-refractivity contribution in [3.63, 3.8) is 0 Å². The molecule has 3 heteroatoms. The number of nitrogens with two attached hydrogens (primary N) is 1. The number of fused-ring (bicyclic) bond motifs is 1. The first-order valence-electron chi connectivity index (χ1n) is 6.13. The third kappa shape index (κ3) is 2.04. The third-order valence-corrected chi connectivity index (χ3v) is 4.37. The van der Waals surface area contributed by atoms with E-state index in [-0.39, 0.29) is 5.54 Å². The number of hydrogen-bond donors (Lipinski definition) is 1. The van der Waals surface area contributed by atoms with E-state index in [1.807, 2.05) is 0 Å². The van der Waals surface area contributed by atoms with Gasteiger partial charge in [-0.15, -0.1) is 0 Å². The van der Waals surface area contributed by atoms with Crippen LogP contribution in [0.25, 0.3) is 0 Å². The van der Waals surface area contributed by atoms with E-state index in [9.17, 15) is 0 Å². The summed E-state index contributed by atoms with van der Waals surface area (Å²) in [7, 11) is 2.14. The van der Waals surface area contributed by atoms with E-state index in [2.05, 4.69) is 44.9 Å². The summed E-state index contributed by atoms with van der Waals surface area (Å²) in [6.45, 7) is 7.34. The van der Waals surface area contributed by atoms with Gasteiger partial charge in [0.05, 0.1) is 0 Å². The molecule has 1 aliphatic heterocycles. The standard InChI is InChI=1S/C14H21ClN2/c1-9-7-14(2,3)17(4)13-6-12(15)10(8-16)5-11(9)13/h5-6,9H,7-8,16H2,1-4H3/t9-/m0/s1. The maximum atomic E-state index is 6.26. The second-order valence-electron chi connectivity index (χ2n) is 5.68. The molecule has 0 bridgehead atoms. The number of rotatable bonds is 1. The molecule has 0 fully saturated rings. The van der Waals surface area contributed by atoms with Crippen molar-refractivity contribution in [2.24, 2.45) is 5.73 Å². The number of anilines is 1. The summed E-state index contributed by atoms with van der Waals surface area (Å²) in [5.74, 6) is 0.554. The monoisotopic (exact) mass is 252 g/mol. The van der Waals surface area contributed by atoms with Gasteiger partial charge in [0.25, 0.3) is 0 Å². The van der Waals surface area contributed by atoms with Crippen LogP contribution < -0.4 is 10.6 Å². The molecule has 1 aromatic carbocycles. The summed E-state index contributed by atoms with van der Waals surface area (Å²) < 4.78 is 0. The van der Waals surface area contributed by atoms with E-state index < -0.39 is 0 Å². The maximum Gasteiger partial charge on any atom is 0.0471 e. The second kappa shape index (κ2) is 4.18. The Labute approximate surface area is 109 Å². The lowest BCUT2D eigenvalue weighted by molar-refractivity contribution is 0.395. The zero-order valence-corrected chi connectivity index (χ0v) is 11.8. The number of halogens is 1. The van der Waals surface area contributed by atoms with Crippen molar-refractivity contribution in [3.05, 3.63) is 28.3 Å². The van der Waals surface area contributed by atoms with Crippen LogP contribution in [0.2, 0.25) is 5.02 Å². The van der Waals surface area contributed by atoms with Crippen LogP contribution in [-0.2, 0) is 6.54 Å². The van der Waals surface area contributed by atoms with Crippen molar-refractivity contribution in [2.45, 2.75) is 45.2 Å². The van der Waals surface area contributed by atoms with Crippen LogP contribution in [0.4, 0.5) is 5.69 Å². The molecule has 1 atom stereocenters. The smallest absolute Gasteiger partial charge is 0.0471 e. The van der Waals surface area contributed by atoms with Crippen molar-refractivity contribution < 1.29 is 0 Å². The average Bonchev–Trinajstić information content (AvgIpc) is 2.25. The van der Waals surface area contributed by atoms with Crippen LogP contribution in [0.3, 0.4) is 0 Å². The quantitative estimate of drug-likeness (QED) is 0.829. The molecule has 0 spiro atoms. The summed E-state index contributed by atoms with van der Waals surface area (Å²) in [6, 6.07) is 4.24. The largest absolute Gasteiger partial charge is 0.369 e. The first-order chi connectivity index (χ1) is 7.86. The second-order valence-corrected chi connectivity index (χ2v) is 6.09. The molecule has 2 N–H and O–H groups in total. The molecule has 0 radical (unpaired) electrons. The van der Waals surface area contributed by atoms with E-state index in [0.29, 0.717) is 12.5 Å². The molecule has 1 aliphatic rings. The molecule has 0 aromatic heterocycles. The van der Waals surface area contributed by atoms with Crippen LogP contribution in [0.15, 0.2) is 12.1 Å². The Morgan fingerprint density at radius 3 is 2.71 bits per heavy atom. The van der Waals surface area contributed by atoms with Gasteiger partial charge in [0, 0.05) is 29.8 Å². The van der Waals surface area contributed by atoms with Crippen molar-refractivity contribution in [2.75, 3.05) is 11.9 Å². The molecule has 2 rings (SSSR count). The Hall–Kier alpha value is -0.730. The fourth-order valence-corrected chi connectivity index (χ4v) is 3.03. The lowest BCUT2D eigenvalue weighted by atomic mass is 9.80. The van der Waals surface area contributed by atoms with Gasteiger partial charge in [-0.1, -0.05) is 24.6 Å². The fourth-order valence-electron chi connectivity index (χ4n) is 2.79. The Balaban J connectivity index is 2.57. The van der Waals surface area contributed by atoms with Crippen molar-refractivity contribution in [3.8, 4) is 0 Å². The van der Waals surface area contributed by atoms with E-state index in [4.69, 9.17) is 17.3 Å². The molecule has 94 valence electrons. The Kier molecular flexibility index (Phi) is 3.13. The molecule has 0 saturated carbocycles. The Morgan fingerprint density at radius 2 is 2.12 bits per heavy atom. The van der Waals surface area contributed by atoms with Gasteiger partial charge in [-0.25, -0.2) is 0 Å². The zero-order valence-electron chi connectivity index (χ0n) is 11.0. The van der Waals surface area contributed by atoms with Crippen LogP contribution in [0, 0.1) is 0 Å². The van der Waals surface area contributed by atoms with E-state index in [1.54, 1.807) is 0 Å². The van der Waals surface area contributed by atoms with Gasteiger partial charge in [-0.05, 0) is 43.4 Å². The third-order valence-electron chi connectivity index (χ3n) is 4.02. The van der Waals surface area contributed by atoms with Crippen LogP contribution in [0.5, 0.6) is 0 Å². The molecule has 1 aromatic rings. The number of benzene rings is 1. The van der Waals surface area contributed by atoms with Crippen molar-refractivity contribution >= 4 is 17.3 Å². The van der Waals surface area contributed by atoms with Gasteiger partial charge in [0.2, 0.25) is 0 Å². The molecule has 0 unspecified atom stereocenters. The first kappa shape index (κ1) is 12.7. The predicted molar refractivity (Wildman–Crippen MR) is 74.9 cm³/mol. The lowest BCUT2D eigenvalue weighted by Crippen LogP contribution is -2.45. The topological polar surface area (TPSA) is 29.3 Å². The molecule has 17 heavy (non-hydrogen) atoms. The van der Waals surface area contributed by atoms with Crippen molar-refractivity contribution in [1.82, 2.24) is 0 Å². The highest BCUT2D eigenvalue weighted by atomic mass is 35.5. The van der Waals surface area contributed by atoms with Crippen LogP contribution in [-0.4, -0.2) is 12.6 Å². The molecule has 0 saturated heterocycles. The van der Waals surface area contributed by atoms with E-state index >= 15 is 0 Å². The summed E-state index contributed by atoms with van der Waals surface area (Å²) in [5.41, 5.74) is 9.56. The summed E-state index contributed by atoms with van der Waals surface area (Å²) >= 11 is 6.26. The SMILES string of the molecule is C[C@H]1CC(C)(C)N(C)c2cc(Cl)c(CN)cc21. The van der Waals surface area contributed by atoms with Crippen molar-refractivity contribution in [1.29, 1.82) is 0 Å². The minimum atomic E-state index is 0.181. The van der Waals surface area contributed by atoms with Crippen LogP contribution in [0.1, 0.15) is 44.2 Å². The predicted octanol–water partition coefficient (Wildman–Crippen LogP) is 3.52. The maximum absolute atomic E-state index is 6.26. The normalized spacial score (nSPS) is 22.5. The van der Waals surface area contributed by atoms with E-state index in [1.165, 1.54) is 11.3 Å². The highest BCUT2D eigenvalue weighted by molar-refractivity contribution is 6.31. The molecule has 1 heterocycles. The molecule has 2 nitrogen and oxygen atoms in total. The molecule has 0 aliphatic carbocycles. The van der Waals surface area contributed by atoms with Gasteiger partial charge in [0.15, 0.2) is 0 Å². The van der Waals surface area contributed by atoms with Gasteiger partial charge >= 0.3 is 0 Å². The van der Waals surface area contributed by atoms with Gasteiger partial charge in [-0.3, -0.25) is 0 Å².